The lowest BCUT2D eigenvalue weighted by atomic mass is 10.1. The van der Waals surface area contributed by atoms with Crippen LogP contribution >= 0.6 is 0 Å². The molecule has 2 aromatic rings. The van der Waals surface area contributed by atoms with E-state index >= 15 is 0 Å². The fourth-order valence-electron chi connectivity index (χ4n) is 1.82. The molecule has 0 aliphatic rings. The Morgan fingerprint density at radius 2 is 1.62 bits per heavy atom. The van der Waals surface area contributed by atoms with Gasteiger partial charge in [0.2, 0.25) is 0 Å². The quantitative estimate of drug-likeness (QED) is 0.798. The summed E-state index contributed by atoms with van der Waals surface area (Å²) in [4.78, 5) is 0. The second-order valence-corrected chi connectivity index (χ2v) is 4.45. The third-order valence-electron chi connectivity index (χ3n) is 2.86. The molecular formula is C16H17F2NO2. The number of hydrogen-bond donors (Lipinski definition) is 1. The molecule has 0 heterocycles. The molecule has 2 N–H and O–H groups in total. The monoisotopic (exact) mass is 293 g/mol. The van der Waals surface area contributed by atoms with Gasteiger partial charge in [0.15, 0.2) is 11.6 Å². The summed E-state index contributed by atoms with van der Waals surface area (Å²) < 4.78 is 36.7. The minimum atomic E-state index is -0.721. The van der Waals surface area contributed by atoms with E-state index in [0.29, 0.717) is 12.3 Å². The molecule has 0 fully saturated rings. The minimum absolute atomic E-state index is 0.0123. The molecule has 0 spiro atoms. The molecule has 0 bridgehead atoms. The van der Waals surface area contributed by atoms with E-state index in [-0.39, 0.29) is 19.0 Å². The normalized spacial score (nSPS) is 10.4. The Hall–Kier alpha value is -2.14. The topological polar surface area (TPSA) is 44.5 Å². The largest absolute Gasteiger partial charge is 0.490 e. The van der Waals surface area contributed by atoms with Gasteiger partial charge in [0.1, 0.15) is 24.8 Å². The smallest absolute Gasteiger partial charge is 0.167 e. The molecule has 2 aromatic carbocycles. The molecule has 3 nitrogen and oxygen atoms in total. The van der Waals surface area contributed by atoms with Crippen molar-refractivity contribution in [2.75, 3.05) is 19.8 Å². The van der Waals surface area contributed by atoms with Crippen LogP contribution in [0.1, 0.15) is 5.56 Å². The molecule has 2 rings (SSSR count). The van der Waals surface area contributed by atoms with Crippen molar-refractivity contribution in [1.82, 2.24) is 0 Å². The van der Waals surface area contributed by atoms with Crippen LogP contribution in [0, 0.1) is 11.6 Å². The molecule has 0 saturated carbocycles. The summed E-state index contributed by atoms with van der Waals surface area (Å²) in [6, 6.07) is 10.8. The number of hydrogen-bond acceptors (Lipinski definition) is 3. The van der Waals surface area contributed by atoms with E-state index in [9.17, 15) is 8.78 Å². The van der Waals surface area contributed by atoms with Crippen LogP contribution in [0.5, 0.6) is 11.5 Å². The van der Waals surface area contributed by atoms with Crippen LogP contribution in [-0.4, -0.2) is 19.8 Å². The second-order valence-electron chi connectivity index (χ2n) is 4.45. The Morgan fingerprint density at radius 3 is 2.29 bits per heavy atom. The van der Waals surface area contributed by atoms with Crippen LogP contribution in [0.15, 0.2) is 42.5 Å². The van der Waals surface area contributed by atoms with Crippen LogP contribution in [0.2, 0.25) is 0 Å². The van der Waals surface area contributed by atoms with Gasteiger partial charge in [-0.05, 0) is 42.8 Å². The SMILES string of the molecule is NCCc1ccc(OCCOc2ccc(F)cc2F)cc1. The van der Waals surface area contributed by atoms with Crippen LogP contribution in [0.25, 0.3) is 0 Å². The standard InChI is InChI=1S/C16H17F2NO2/c17-13-3-6-16(15(18)11-13)21-10-9-20-14-4-1-12(2-5-14)7-8-19/h1-6,11H,7-10,19H2. The van der Waals surface area contributed by atoms with Crippen molar-refractivity contribution >= 4 is 0 Å². The number of halogens is 2. The third kappa shape index (κ3) is 4.72. The van der Waals surface area contributed by atoms with E-state index in [1.807, 2.05) is 24.3 Å². The zero-order valence-corrected chi connectivity index (χ0v) is 11.5. The summed E-state index contributed by atoms with van der Waals surface area (Å²) >= 11 is 0. The van der Waals surface area contributed by atoms with E-state index in [2.05, 4.69) is 0 Å². The van der Waals surface area contributed by atoms with Crippen LogP contribution in [-0.2, 0) is 6.42 Å². The number of ether oxygens (including phenoxy) is 2. The fraction of sp³-hybridized carbons (Fsp3) is 0.250. The van der Waals surface area contributed by atoms with Crippen molar-refractivity contribution in [3.63, 3.8) is 0 Å². The molecular weight excluding hydrogens is 276 g/mol. The zero-order valence-electron chi connectivity index (χ0n) is 11.5. The Labute approximate surface area is 122 Å². The van der Waals surface area contributed by atoms with Gasteiger partial charge in [-0.15, -0.1) is 0 Å². The van der Waals surface area contributed by atoms with Crippen LogP contribution in [0.4, 0.5) is 8.78 Å². The van der Waals surface area contributed by atoms with E-state index in [4.69, 9.17) is 15.2 Å². The summed E-state index contributed by atoms with van der Waals surface area (Å²) in [5.74, 6) is -0.632. The predicted octanol–water partition coefficient (Wildman–Crippen LogP) is 2.92. The molecule has 0 aliphatic carbocycles. The fourth-order valence-corrected chi connectivity index (χ4v) is 1.82. The highest BCUT2D eigenvalue weighted by atomic mass is 19.1. The van der Waals surface area contributed by atoms with Gasteiger partial charge in [-0.25, -0.2) is 8.78 Å². The second kappa shape index (κ2) is 7.59. The van der Waals surface area contributed by atoms with Crippen LogP contribution < -0.4 is 15.2 Å². The molecule has 0 aromatic heterocycles. The van der Waals surface area contributed by atoms with Gasteiger partial charge in [0.25, 0.3) is 0 Å². The molecule has 0 radical (unpaired) electrons. The van der Waals surface area contributed by atoms with E-state index in [0.717, 1.165) is 24.1 Å². The van der Waals surface area contributed by atoms with Crippen molar-refractivity contribution in [2.45, 2.75) is 6.42 Å². The summed E-state index contributed by atoms with van der Waals surface area (Å²) in [7, 11) is 0. The minimum Gasteiger partial charge on any atom is -0.490 e. The third-order valence-corrected chi connectivity index (χ3v) is 2.86. The summed E-state index contributed by atoms with van der Waals surface area (Å²) in [5, 5.41) is 0. The molecule has 0 amide bonds. The highest BCUT2D eigenvalue weighted by Crippen LogP contribution is 2.17. The average Bonchev–Trinajstić information content (AvgIpc) is 2.47. The van der Waals surface area contributed by atoms with Crippen molar-refractivity contribution in [3.8, 4) is 11.5 Å². The zero-order chi connectivity index (χ0) is 15.1. The van der Waals surface area contributed by atoms with Gasteiger partial charge in [-0.2, -0.15) is 0 Å². The molecule has 21 heavy (non-hydrogen) atoms. The van der Waals surface area contributed by atoms with Gasteiger partial charge < -0.3 is 15.2 Å². The van der Waals surface area contributed by atoms with Gasteiger partial charge in [0.05, 0.1) is 0 Å². The Kier molecular flexibility index (Phi) is 5.51. The number of nitrogens with two attached hydrogens (primary N) is 1. The summed E-state index contributed by atoms with van der Waals surface area (Å²) in [5.41, 5.74) is 6.62. The molecule has 0 atom stereocenters. The lowest BCUT2D eigenvalue weighted by Gasteiger charge is -2.09. The molecule has 112 valence electrons. The van der Waals surface area contributed by atoms with Crippen molar-refractivity contribution in [3.05, 3.63) is 59.7 Å². The maximum Gasteiger partial charge on any atom is 0.167 e. The summed E-state index contributed by atoms with van der Waals surface area (Å²) in [6.07, 6.45) is 0.827. The van der Waals surface area contributed by atoms with Gasteiger partial charge in [-0.1, -0.05) is 12.1 Å². The molecule has 5 heteroatoms. The average molecular weight is 293 g/mol. The van der Waals surface area contributed by atoms with Crippen LogP contribution in [0.3, 0.4) is 0 Å². The molecule has 0 saturated heterocycles. The maximum absolute atomic E-state index is 13.3. The Balaban J connectivity index is 1.76. The number of rotatable bonds is 7. The first-order valence-corrected chi connectivity index (χ1v) is 6.68. The first kappa shape index (κ1) is 15.3. The van der Waals surface area contributed by atoms with E-state index in [1.54, 1.807) is 0 Å². The lowest BCUT2D eigenvalue weighted by Crippen LogP contribution is -2.10. The van der Waals surface area contributed by atoms with Gasteiger partial charge >= 0.3 is 0 Å². The van der Waals surface area contributed by atoms with Crippen molar-refractivity contribution < 1.29 is 18.3 Å². The Bertz CT molecular complexity index is 573. The van der Waals surface area contributed by atoms with Crippen molar-refractivity contribution in [2.24, 2.45) is 5.73 Å². The van der Waals surface area contributed by atoms with E-state index < -0.39 is 11.6 Å². The molecule has 0 unspecified atom stereocenters. The highest BCUT2D eigenvalue weighted by Gasteiger charge is 2.04. The van der Waals surface area contributed by atoms with Gasteiger partial charge in [-0.3, -0.25) is 0 Å². The van der Waals surface area contributed by atoms with Gasteiger partial charge in [0, 0.05) is 6.07 Å². The maximum atomic E-state index is 13.3. The van der Waals surface area contributed by atoms with Crippen molar-refractivity contribution in [1.29, 1.82) is 0 Å². The lowest BCUT2D eigenvalue weighted by molar-refractivity contribution is 0.211. The highest BCUT2D eigenvalue weighted by molar-refractivity contribution is 5.27. The number of benzene rings is 2. The van der Waals surface area contributed by atoms with E-state index in [1.165, 1.54) is 6.07 Å². The Morgan fingerprint density at radius 1 is 0.905 bits per heavy atom. The first-order chi connectivity index (χ1) is 10.2. The first-order valence-electron chi connectivity index (χ1n) is 6.68. The predicted molar refractivity (Wildman–Crippen MR) is 76.5 cm³/mol. The molecule has 0 aliphatic heterocycles. The summed E-state index contributed by atoms with van der Waals surface area (Å²) in [6.45, 7) is 1.05.